The maximum atomic E-state index is 6.14. The van der Waals surface area contributed by atoms with Gasteiger partial charge in [-0.15, -0.1) is 22.6 Å². The number of aromatic nitrogens is 2. The van der Waals surface area contributed by atoms with Gasteiger partial charge in [0.1, 0.15) is 11.3 Å². The number of aryl methyl sites for hydroxylation is 1. The fraction of sp³-hybridized carbons (Fsp3) is 0.310. The molecule has 0 spiro atoms. The predicted octanol–water partition coefficient (Wildman–Crippen LogP) is 7.01. The molecule has 0 atom stereocenters. The molecular weight excluding hydrogens is 474 g/mol. The minimum atomic E-state index is 0. The topological polar surface area (TPSA) is 64.5 Å². The van der Waals surface area contributed by atoms with E-state index in [-0.39, 0.29) is 12.4 Å². The van der Waals surface area contributed by atoms with Gasteiger partial charge in [-0.25, -0.2) is 0 Å². The fourth-order valence-electron chi connectivity index (χ4n) is 5.08. The number of ether oxygens (including phenoxy) is 1. The van der Waals surface area contributed by atoms with Crippen LogP contribution in [-0.4, -0.2) is 41.3 Å². The normalized spacial score (nSPS) is 14.8. The van der Waals surface area contributed by atoms with Crippen molar-refractivity contribution < 1.29 is 13.6 Å². The highest BCUT2D eigenvalue weighted by molar-refractivity contribution is 5.87. The third-order valence-corrected chi connectivity index (χ3v) is 6.97. The molecule has 0 amide bonds. The van der Waals surface area contributed by atoms with Crippen molar-refractivity contribution in [3.8, 4) is 17.4 Å². The van der Waals surface area contributed by atoms with Crippen LogP contribution in [0.2, 0.25) is 0 Å². The van der Waals surface area contributed by atoms with Crippen molar-refractivity contribution in [1.82, 2.24) is 15.1 Å². The SMILES string of the molecule is Cc1nnc(-c2cc3c(OCCCN4CCC(c5ccc6ccccc6c5)CC4)cccc3o2)o1.Cl. The Morgan fingerprint density at radius 2 is 1.75 bits per heavy atom. The first-order valence-electron chi connectivity index (χ1n) is 12.4. The number of furan rings is 1. The molecule has 0 aliphatic carbocycles. The van der Waals surface area contributed by atoms with E-state index in [1.165, 1.54) is 29.2 Å². The van der Waals surface area contributed by atoms with Crippen LogP contribution >= 0.6 is 12.4 Å². The van der Waals surface area contributed by atoms with E-state index in [1.54, 1.807) is 6.92 Å². The lowest BCUT2D eigenvalue weighted by atomic mass is 9.88. The van der Waals surface area contributed by atoms with Gasteiger partial charge in [0.2, 0.25) is 5.89 Å². The molecule has 36 heavy (non-hydrogen) atoms. The standard InChI is InChI=1S/C29H29N3O3.ClH/c1-20-30-31-29(34-20)28-19-25-26(8-4-9-27(25)35-28)33-17-5-14-32-15-12-22(13-16-32)24-11-10-21-6-2-3-7-23(21)18-24;/h2-4,6-11,18-19,22H,5,12-17H2,1H3;1H. The quantitative estimate of drug-likeness (QED) is 0.222. The average molecular weight is 504 g/mol. The largest absolute Gasteiger partial charge is 0.493 e. The summed E-state index contributed by atoms with van der Waals surface area (Å²) in [4.78, 5) is 2.56. The number of nitrogens with zero attached hydrogens (tertiary/aromatic N) is 3. The van der Waals surface area contributed by atoms with E-state index in [1.807, 2.05) is 24.3 Å². The van der Waals surface area contributed by atoms with E-state index in [4.69, 9.17) is 13.6 Å². The number of piperidine rings is 1. The molecule has 186 valence electrons. The first-order chi connectivity index (χ1) is 17.2. The highest BCUT2D eigenvalue weighted by Crippen LogP contribution is 2.33. The van der Waals surface area contributed by atoms with E-state index < -0.39 is 0 Å². The van der Waals surface area contributed by atoms with Gasteiger partial charge in [-0.3, -0.25) is 0 Å². The molecule has 3 aromatic carbocycles. The summed E-state index contributed by atoms with van der Waals surface area (Å²) in [5, 5.41) is 11.5. The van der Waals surface area contributed by atoms with Crippen molar-refractivity contribution in [3.63, 3.8) is 0 Å². The van der Waals surface area contributed by atoms with E-state index in [0.717, 1.165) is 42.8 Å². The Bertz CT molecular complexity index is 1450. The van der Waals surface area contributed by atoms with Crippen molar-refractivity contribution in [2.24, 2.45) is 0 Å². The molecule has 0 N–H and O–H groups in total. The van der Waals surface area contributed by atoms with Crippen LogP contribution in [0.1, 0.15) is 36.6 Å². The van der Waals surface area contributed by atoms with Gasteiger partial charge in [-0.2, -0.15) is 0 Å². The van der Waals surface area contributed by atoms with E-state index in [9.17, 15) is 0 Å². The first kappa shape index (κ1) is 24.3. The smallest absolute Gasteiger partial charge is 0.283 e. The Hall–Kier alpha value is -3.35. The zero-order valence-electron chi connectivity index (χ0n) is 20.4. The number of fused-ring (bicyclic) bond motifs is 2. The Balaban J connectivity index is 0.00000267. The van der Waals surface area contributed by atoms with Crippen LogP contribution in [0.5, 0.6) is 5.75 Å². The molecule has 2 aromatic heterocycles. The number of likely N-dealkylation sites (tertiary alicyclic amines) is 1. The fourth-order valence-corrected chi connectivity index (χ4v) is 5.08. The Morgan fingerprint density at radius 1 is 0.917 bits per heavy atom. The minimum absolute atomic E-state index is 0. The van der Waals surface area contributed by atoms with Crippen LogP contribution < -0.4 is 4.74 Å². The average Bonchev–Trinajstić information content (AvgIpc) is 3.53. The molecular formula is C29H30ClN3O3. The van der Waals surface area contributed by atoms with Crippen LogP contribution in [-0.2, 0) is 0 Å². The van der Waals surface area contributed by atoms with Crippen molar-refractivity contribution >= 4 is 34.1 Å². The lowest BCUT2D eigenvalue weighted by Crippen LogP contribution is -2.34. The number of hydrogen-bond acceptors (Lipinski definition) is 6. The second-order valence-corrected chi connectivity index (χ2v) is 9.33. The van der Waals surface area contributed by atoms with Crippen LogP contribution in [0.25, 0.3) is 33.4 Å². The van der Waals surface area contributed by atoms with Crippen LogP contribution in [0.4, 0.5) is 0 Å². The molecule has 0 bridgehead atoms. The van der Waals surface area contributed by atoms with E-state index in [0.29, 0.717) is 30.1 Å². The second kappa shape index (κ2) is 10.7. The molecule has 1 aliphatic heterocycles. The van der Waals surface area contributed by atoms with Crippen molar-refractivity contribution in [2.45, 2.75) is 32.1 Å². The zero-order valence-corrected chi connectivity index (χ0v) is 21.2. The van der Waals surface area contributed by atoms with Crippen molar-refractivity contribution in [3.05, 3.63) is 78.2 Å². The Kier molecular flexibility index (Phi) is 7.25. The summed E-state index contributed by atoms with van der Waals surface area (Å²) >= 11 is 0. The lowest BCUT2D eigenvalue weighted by Gasteiger charge is -2.32. The molecule has 1 fully saturated rings. The monoisotopic (exact) mass is 503 g/mol. The molecule has 6 nitrogen and oxygen atoms in total. The molecule has 0 saturated carbocycles. The summed E-state index contributed by atoms with van der Waals surface area (Å²) in [6, 6.07) is 23.4. The minimum Gasteiger partial charge on any atom is -0.493 e. The number of benzene rings is 3. The van der Waals surface area contributed by atoms with Crippen LogP contribution in [0.15, 0.2) is 75.6 Å². The summed E-state index contributed by atoms with van der Waals surface area (Å²) in [5.41, 5.74) is 2.24. The number of halogens is 1. The summed E-state index contributed by atoms with van der Waals surface area (Å²) < 4.78 is 17.5. The Labute approximate surface area is 216 Å². The third-order valence-electron chi connectivity index (χ3n) is 6.97. The summed E-state index contributed by atoms with van der Waals surface area (Å²) in [6.07, 6.45) is 3.42. The van der Waals surface area contributed by atoms with Gasteiger partial charge in [-0.1, -0.05) is 48.5 Å². The van der Waals surface area contributed by atoms with Crippen LogP contribution in [0, 0.1) is 6.92 Å². The molecule has 6 rings (SSSR count). The third kappa shape index (κ3) is 5.11. The highest BCUT2D eigenvalue weighted by Gasteiger charge is 2.21. The maximum Gasteiger partial charge on any atom is 0.283 e. The van der Waals surface area contributed by atoms with Gasteiger partial charge in [0.15, 0.2) is 5.76 Å². The van der Waals surface area contributed by atoms with Crippen LogP contribution in [0.3, 0.4) is 0 Å². The van der Waals surface area contributed by atoms with Gasteiger partial charge in [0.05, 0.1) is 12.0 Å². The molecule has 7 heteroatoms. The highest BCUT2D eigenvalue weighted by atomic mass is 35.5. The van der Waals surface area contributed by atoms with Crippen molar-refractivity contribution in [2.75, 3.05) is 26.2 Å². The van der Waals surface area contributed by atoms with E-state index >= 15 is 0 Å². The number of hydrogen-bond donors (Lipinski definition) is 0. The summed E-state index contributed by atoms with van der Waals surface area (Å²) in [7, 11) is 0. The van der Waals surface area contributed by atoms with Gasteiger partial charge in [0.25, 0.3) is 5.89 Å². The maximum absolute atomic E-state index is 6.14. The van der Waals surface area contributed by atoms with Gasteiger partial charge in [0, 0.05) is 19.5 Å². The second-order valence-electron chi connectivity index (χ2n) is 9.33. The molecule has 5 aromatic rings. The van der Waals surface area contributed by atoms with Gasteiger partial charge < -0.3 is 18.5 Å². The first-order valence-corrected chi connectivity index (χ1v) is 12.4. The lowest BCUT2D eigenvalue weighted by molar-refractivity contribution is 0.193. The summed E-state index contributed by atoms with van der Waals surface area (Å²) in [6.45, 7) is 5.77. The zero-order chi connectivity index (χ0) is 23.6. The molecule has 0 unspecified atom stereocenters. The Morgan fingerprint density at radius 3 is 2.56 bits per heavy atom. The van der Waals surface area contributed by atoms with Gasteiger partial charge in [-0.05, 0) is 66.7 Å². The molecule has 3 heterocycles. The summed E-state index contributed by atoms with van der Waals surface area (Å²) in [5.74, 6) is 2.94. The van der Waals surface area contributed by atoms with E-state index in [2.05, 4.69) is 57.6 Å². The number of rotatable bonds is 7. The molecule has 1 saturated heterocycles. The predicted molar refractivity (Wildman–Crippen MR) is 144 cm³/mol. The van der Waals surface area contributed by atoms with Gasteiger partial charge >= 0.3 is 0 Å². The van der Waals surface area contributed by atoms with Crippen molar-refractivity contribution in [1.29, 1.82) is 0 Å². The molecule has 0 radical (unpaired) electrons. The molecule has 1 aliphatic rings.